The second kappa shape index (κ2) is 7.50. The minimum Gasteiger partial charge on any atom is -0.479 e. The number of hydrogen-bond acceptors (Lipinski definition) is 4. The highest BCUT2D eigenvalue weighted by Crippen LogP contribution is 2.23. The maximum absolute atomic E-state index is 11.7. The van der Waals surface area contributed by atoms with E-state index in [9.17, 15) is 9.59 Å². The van der Waals surface area contributed by atoms with Gasteiger partial charge in [-0.05, 0) is 32.0 Å². The second-order valence-corrected chi connectivity index (χ2v) is 4.78. The first-order chi connectivity index (χ1) is 9.47. The zero-order valence-electron chi connectivity index (χ0n) is 11.1. The number of amides is 3. The number of nitrogens with zero attached hydrogens (tertiary/aromatic N) is 1. The van der Waals surface area contributed by atoms with Gasteiger partial charge in [0, 0.05) is 11.0 Å². The summed E-state index contributed by atoms with van der Waals surface area (Å²) in [6, 6.07) is 6.26. The molecule has 0 bridgehead atoms. The van der Waals surface area contributed by atoms with Gasteiger partial charge in [0.05, 0.1) is 5.56 Å². The Hall–Kier alpha value is -2.07. The van der Waals surface area contributed by atoms with Crippen LogP contribution in [0.2, 0.25) is 0 Å². The molecule has 0 radical (unpaired) electrons. The van der Waals surface area contributed by atoms with E-state index in [0.717, 1.165) is 4.47 Å². The van der Waals surface area contributed by atoms with Gasteiger partial charge in [-0.2, -0.15) is 5.26 Å². The topological polar surface area (TPSA) is 91.2 Å². The zero-order valence-corrected chi connectivity index (χ0v) is 12.7. The maximum atomic E-state index is 11.7. The second-order valence-electron chi connectivity index (χ2n) is 3.86. The summed E-state index contributed by atoms with van der Waals surface area (Å²) in [5.41, 5.74) is 0.303. The summed E-state index contributed by atoms with van der Waals surface area (Å²) in [4.78, 5) is 22.9. The lowest BCUT2D eigenvalue weighted by Crippen LogP contribution is -2.45. The normalized spacial score (nSPS) is 11.1. The number of carbonyl (C=O) groups excluding carboxylic acids is 2. The van der Waals surface area contributed by atoms with E-state index >= 15 is 0 Å². The van der Waals surface area contributed by atoms with Crippen LogP contribution in [0.3, 0.4) is 0 Å². The number of carbonyl (C=O) groups is 2. The highest BCUT2D eigenvalue weighted by molar-refractivity contribution is 9.10. The van der Waals surface area contributed by atoms with Gasteiger partial charge in [-0.15, -0.1) is 0 Å². The van der Waals surface area contributed by atoms with Gasteiger partial charge in [-0.1, -0.05) is 15.9 Å². The van der Waals surface area contributed by atoms with Crippen LogP contribution in [0.25, 0.3) is 0 Å². The van der Waals surface area contributed by atoms with E-state index in [-0.39, 0.29) is 5.75 Å². The number of benzene rings is 1. The van der Waals surface area contributed by atoms with Crippen molar-refractivity contribution < 1.29 is 14.3 Å². The van der Waals surface area contributed by atoms with Gasteiger partial charge >= 0.3 is 6.03 Å². The van der Waals surface area contributed by atoms with Crippen LogP contribution in [-0.4, -0.2) is 24.6 Å². The van der Waals surface area contributed by atoms with Gasteiger partial charge in [0.1, 0.15) is 11.8 Å². The van der Waals surface area contributed by atoms with Crippen LogP contribution in [0, 0.1) is 11.3 Å². The summed E-state index contributed by atoms with van der Waals surface area (Å²) >= 11 is 3.24. The molecule has 6 nitrogen and oxygen atoms in total. The number of hydrogen-bond donors (Lipinski definition) is 2. The molecule has 1 unspecified atom stereocenters. The number of nitriles is 1. The monoisotopic (exact) mass is 339 g/mol. The average molecular weight is 340 g/mol. The largest absolute Gasteiger partial charge is 0.479 e. The first-order valence-corrected chi connectivity index (χ1v) is 6.72. The molecule has 2 N–H and O–H groups in total. The molecular formula is C13H14BrN3O3. The number of halogens is 1. The summed E-state index contributed by atoms with van der Waals surface area (Å²) in [6.45, 7) is 3.66. The van der Waals surface area contributed by atoms with Crippen LogP contribution < -0.4 is 15.4 Å². The van der Waals surface area contributed by atoms with Gasteiger partial charge < -0.3 is 10.1 Å². The Bertz CT molecular complexity index is 554. The molecule has 3 amide bonds. The Labute approximate surface area is 125 Å². The average Bonchev–Trinajstić information content (AvgIpc) is 2.40. The van der Waals surface area contributed by atoms with Crippen molar-refractivity contribution in [1.29, 1.82) is 5.26 Å². The molecule has 1 atom stereocenters. The molecule has 0 heterocycles. The van der Waals surface area contributed by atoms with Crippen LogP contribution in [0.5, 0.6) is 5.75 Å². The smallest absolute Gasteiger partial charge is 0.321 e. The number of urea groups is 1. The van der Waals surface area contributed by atoms with Crippen LogP contribution >= 0.6 is 15.9 Å². The van der Waals surface area contributed by atoms with Crippen LogP contribution in [-0.2, 0) is 4.79 Å². The quantitative estimate of drug-likeness (QED) is 0.876. The SMILES string of the molecule is CCNC(=O)NC(=O)C(C)Oc1ccc(Br)cc1C#N. The number of imide groups is 1. The van der Waals surface area contributed by atoms with E-state index in [4.69, 9.17) is 10.00 Å². The minimum atomic E-state index is -0.897. The number of ether oxygens (including phenoxy) is 1. The first-order valence-electron chi connectivity index (χ1n) is 5.93. The molecule has 0 saturated carbocycles. The van der Waals surface area contributed by atoms with Crippen molar-refractivity contribution in [3.63, 3.8) is 0 Å². The van der Waals surface area contributed by atoms with Crippen molar-refractivity contribution in [2.75, 3.05) is 6.54 Å². The van der Waals surface area contributed by atoms with E-state index < -0.39 is 18.0 Å². The van der Waals surface area contributed by atoms with Crippen molar-refractivity contribution in [3.05, 3.63) is 28.2 Å². The highest BCUT2D eigenvalue weighted by Gasteiger charge is 2.18. The molecule has 1 rings (SSSR count). The van der Waals surface area contributed by atoms with Gasteiger partial charge in [0.2, 0.25) is 0 Å². The maximum Gasteiger partial charge on any atom is 0.321 e. The van der Waals surface area contributed by atoms with Gasteiger partial charge in [0.25, 0.3) is 5.91 Å². The Morgan fingerprint density at radius 3 is 2.80 bits per heavy atom. The van der Waals surface area contributed by atoms with E-state index in [1.165, 1.54) is 6.92 Å². The van der Waals surface area contributed by atoms with E-state index in [1.807, 2.05) is 6.07 Å². The first kappa shape index (κ1) is 16.0. The van der Waals surface area contributed by atoms with Crippen molar-refractivity contribution in [2.45, 2.75) is 20.0 Å². The summed E-state index contributed by atoms with van der Waals surface area (Å²) in [7, 11) is 0. The summed E-state index contributed by atoms with van der Waals surface area (Å²) < 4.78 is 6.13. The standard InChI is InChI=1S/C13H14BrN3O3/c1-3-16-13(19)17-12(18)8(2)20-11-5-4-10(14)6-9(11)7-15/h4-6,8H,3H2,1-2H3,(H2,16,17,18,19). The lowest BCUT2D eigenvalue weighted by Gasteiger charge is -2.15. The highest BCUT2D eigenvalue weighted by atomic mass is 79.9. The van der Waals surface area contributed by atoms with Crippen LogP contribution in [0.15, 0.2) is 22.7 Å². The summed E-state index contributed by atoms with van der Waals surface area (Å²) in [5.74, 6) is -0.294. The van der Waals surface area contributed by atoms with E-state index in [1.54, 1.807) is 25.1 Å². The van der Waals surface area contributed by atoms with Crippen molar-refractivity contribution >= 4 is 27.9 Å². The third-order valence-electron chi connectivity index (χ3n) is 2.31. The van der Waals surface area contributed by atoms with Crippen molar-refractivity contribution in [1.82, 2.24) is 10.6 Å². The molecule has 0 aromatic heterocycles. The molecular weight excluding hydrogens is 326 g/mol. The van der Waals surface area contributed by atoms with E-state index in [0.29, 0.717) is 12.1 Å². The van der Waals surface area contributed by atoms with Crippen molar-refractivity contribution in [3.8, 4) is 11.8 Å². The third-order valence-corrected chi connectivity index (χ3v) is 2.80. The molecule has 1 aromatic rings. The van der Waals surface area contributed by atoms with Crippen LogP contribution in [0.1, 0.15) is 19.4 Å². The Morgan fingerprint density at radius 2 is 2.20 bits per heavy atom. The minimum absolute atomic E-state index is 0.286. The molecule has 106 valence electrons. The lowest BCUT2D eigenvalue weighted by atomic mass is 10.2. The van der Waals surface area contributed by atoms with Crippen LogP contribution in [0.4, 0.5) is 4.79 Å². The predicted molar refractivity (Wildman–Crippen MR) is 76.2 cm³/mol. The molecule has 0 aliphatic carbocycles. The predicted octanol–water partition coefficient (Wildman–Crippen LogP) is 1.93. The molecule has 0 saturated heterocycles. The molecule has 0 aliphatic rings. The molecule has 0 aliphatic heterocycles. The third kappa shape index (κ3) is 4.55. The molecule has 7 heteroatoms. The Morgan fingerprint density at radius 1 is 1.50 bits per heavy atom. The number of nitrogens with one attached hydrogen (secondary N) is 2. The molecule has 0 fully saturated rings. The van der Waals surface area contributed by atoms with Gasteiger partial charge in [-0.25, -0.2) is 4.79 Å². The molecule has 0 spiro atoms. The fourth-order valence-corrected chi connectivity index (χ4v) is 1.72. The summed E-state index contributed by atoms with van der Waals surface area (Å²) in [5, 5.41) is 13.6. The Balaban J connectivity index is 2.71. The fourth-order valence-electron chi connectivity index (χ4n) is 1.35. The number of rotatable bonds is 4. The van der Waals surface area contributed by atoms with Gasteiger partial charge in [-0.3, -0.25) is 10.1 Å². The fraction of sp³-hybridized carbons (Fsp3) is 0.308. The van der Waals surface area contributed by atoms with Crippen molar-refractivity contribution in [2.24, 2.45) is 0 Å². The molecule has 20 heavy (non-hydrogen) atoms. The van der Waals surface area contributed by atoms with Gasteiger partial charge in [0.15, 0.2) is 6.10 Å². The van der Waals surface area contributed by atoms with E-state index in [2.05, 4.69) is 26.6 Å². The Kier molecular flexibility index (Phi) is 6.00. The summed E-state index contributed by atoms with van der Waals surface area (Å²) in [6.07, 6.45) is -0.897. The zero-order chi connectivity index (χ0) is 15.1. The molecule has 1 aromatic carbocycles. The lowest BCUT2D eigenvalue weighted by molar-refractivity contribution is -0.126.